The zero-order chi connectivity index (χ0) is 11.7. The van der Waals surface area contributed by atoms with E-state index in [1.165, 1.54) is 17.9 Å². The summed E-state index contributed by atoms with van der Waals surface area (Å²) in [6.45, 7) is 1.39. The summed E-state index contributed by atoms with van der Waals surface area (Å²) in [5, 5.41) is 7.55. The molecule has 2 heterocycles. The average Bonchev–Trinajstić information content (AvgIpc) is 2.76. The van der Waals surface area contributed by atoms with E-state index in [0.29, 0.717) is 17.3 Å². The summed E-state index contributed by atoms with van der Waals surface area (Å²) in [7, 11) is 1.77. The van der Waals surface area contributed by atoms with Crippen molar-refractivity contribution in [3.05, 3.63) is 12.7 Å². The predicted molar refractivity (Wildman–Crippen MR) is 56.7 cm³/mol. The number of nitrogens with one attached hydrogen (secondary N) is 1. The molecule has 8 heteroatoms. The number of nitrogen functional groups attached to an aromatic ring is 1. The summed E-state index contributed by atoms with van der Waals surface area (Å²) in [5.74, 6) is 0.628. The number of hydrogen-bond donors (Lipinski definition) is 2. The number of anilines is 1. The summed E-state index contributed by atoms with van der Waals surface area (Å²) in [6, 6.07) is 0. The molecule has 0 aliphatic rings. The molecule has 0 saturated carbocycles. The van der Waals surface area contributed by atoms with Crippen LogP contribution in [0, 0.1) is 0 Å². The number of rotatable bonds is 2. The van der Waals surface area contributed by atoms with Crippen LogP contribution in [0.2, 0.25) is 0 Å². The topological polar surface area (TPSA) is 104 Å². The van der Waals surface area contributed by atoms with Crippen LogP contribution in [0.3, 0.4) is 0 Å². The van der Waals surface area contributed by atoms with Crippen LogP contribution in [0.4, 0.5) is 5.82 Å². The molecule has 8 nitrogen and oxygen atoms in total. The Morgan fingerprint density at radius 2 is 2.25 bits per heavy atom. The van der Waals surface area contributed by atoms with Gasteiger partial charge < -0.3 is 10.3 Å². The molecule has 2 aromatic rings. The van der Waals surface area contributed by atoms with Gasteiger partial charge in [-0.2, -0.15) is 0 Å². The van der Waals surface area contributed by atoms with E-state index in [9.17, 15) is 4.79 Å². The Morgan fingerprint density at radius 3 is 2.81 bits per heavy atom. The first-order valence-electron chi connectivity index (χ1n) is 4.54. The standard InChI is InChI=1S/C8H11N7O/c1-5(16)13-15-4-11-12-8(15)6-7(9)14(2)3-10-6/h3-4H,9H2,1-2H3,(H,13,16). The molecule has 0 aliphatic heterocycles. The van der Waals surface area contributed by atoms with Crippen molar-refractivity contribution in [2.45, 2.75) is 6.92 Å². The summed E-state index contributed by atoms with van der Waals surface area (Å²) in [6.07, 6.45) is 2.95. The van der Waals surface area contributed by atoms with Crippen LogP contribution in [-0.4, -0.2) is 30.3 Å². The molecule has 0 radical (unpaired) electrons. The van der Waals surface area contributed by atoms with Crippen molar-refractivity contribution in [3.63, 3.8) is 0 Å². The lowest BCUT2D eigenvalue weighted by Crippen LogP contribution is -2.20. The first-order valence-corrected chi connectivity index (χ1v) is 4.54. The number of aromatic nitrogens is 5. The molecule has 2 rings (SSSR count). The van der Waals surface area contributed by atoms with Crippen molar-refractivity contribution < 1.29 is 4.79 Å². The Kier molecular flexibility index (Phi) is 2.31. The lowest BCUT2D eigenvalue weighted by Gasteiger charge is -2.04. The minimum atomic E-state index is -0.226. The third kappa shape index (κ3) is 1.60. The molecule has 0 saturated heterocycles. The lowest BCUT2D eigenvalue weighted by atomic mass is 10.4. The predicted octanol–water partition coefficient (Wildman–Crippen LogP) is -0.649. The molecular formula is C8H11N7O. The Hall–Kier alpha value is -2.38. The first kappa shape index (κ1) is 10.1. The molecule has 3 N–H and O–H groups in total. The molecule has 84 valence electrons. The smallest absolute Gasteiger partial charge is 0.235 e. The highest BCUT2D eigenvalue weighted by molar-refractivity contribution is 5.81. The molecule has 2 aromatic heterocycles. The van der Waals surface area contributed by atoms with Crippen molar-refractivity contribution in [1.82, 2.24) is 24.4 Å². The highest BCUT2D eigenvalue weighted by Gasteiger charge is 2.15. The number of imidazole rings is 1. The van der Waals surface area contributed by atoms with Gasteiger partial charge in [0.15, 0.2) is 5.69 Å². The minimum absolute atomic E-state index is 0.226. The zero-order valence-corrected chi connectivity index (χ0v) is 8.88. The van der Waals surface area contributed by atoms with Gasteiger partial charge in [0, 0.05) is 14.0 Å². The van der Waals surface area contributed by atoms with Crippen LogP contribution < -0.4 is 11.2 Å². The second-order valence-corrected chi connectivity index (χ2v) is 3.28. The minimum Gasteiger partial charge on any atom is -0.383 e. The molecule has 0 unspecified atom stereocenters. The number of hydrogen-bond acceptors (Lipinski definition) is 5. The molecule has 0 atom stereocenters. The monoisotopic (exact) mass is 221 g/mol. The van der Waals surface area contributed by atoms with Crippen molar-refractivity contribution in [1.29, 1.82) is 0 Å². The van der Waals surface area contributed by atoms with Crippen molar-refractivity contribution in [2.24, 2.45) is 7.05 Å². The molecule has 0 aromatic carbocycles. The normalized spacial score (nSPS) is 10.4. The Bertz CT molecular complexity index is 526. The molecule has 0 fully saturated rings. The molecule has 0 aliphatic carbocycles. The van der Waals surface area contributed by atoms with Gasteiger partial charge in [-0.15, -0.1) is 10.2 Å². The lowest BCUT2D eigenvalue weighted by molar-refractivity contribution is -0.115. The van der Waals surface area contributed by atoms with Gasteiger partial charge in [0.1, 0.15) is 12.1 Å². The number of nitrogens with zero attached hydrogens (tertiary/aromatic N) is 5. The van der Waals surface area contributed by atoms with Gasteiger partial charge in [0.2, 0.25) is 11.7 Å². The highest BCUT2D eigenvalue weighted by atomic mass is 16.2. The van der Waals surface area contributed by atoms with Crippen LogP contribution in [-0.2, 0) is 11.8 Å². The number of carbonyl (C=O) groups excluding carboxylic acids is 1. The van der Waals surface area contributed by atoms with E-state index in [1.54, 1.807) is 17.9 Å². The van der Waals surface area contributed by atoms with E-state index in [-0.39, 0.29) is 5.91 Å². The van der Waals surface area contributed by atoms with Gasteiger partial charge in [-0.3, -0.25) is 10.2 Å². The zero-order valence-electron chi connectivity index (χ0n) is 8.88. The third-order valence-corrected chi connectivity index (χ3v) is 2.02. The summed E-state index contributed by atoms with van der Waals surface area (Å²) in [4.78, 5) is 15.0. The number of carbonyl (C=O) groups is 1. The van der Waals surface area contributed by atoms with Gasteiger partial charge in [-0.05, 0) is 0 Å². The van der Waals surface area contributed by atoms with Crippen LogP contribution in [0.1, 0.15) is 6.92 Å². The molecule has 0 bridgehead atoms. The van der Waals surface area contributed by atoms with Crippen LogP contribution in [0.15, 0.2) is 12.7 Å². The van der Waals surface area contributed by atoms with Crippen LogP contribution in [0.5, 0.6) is 0 Å². The summed E-state index contributed by atoms with van der Waals surface area (Å²) >= 11 is 0. The Balaban J connectivity index is 2.44. The first-order chi connectivity index (χ1) is 7.59. The van der Waals surface area contributed by atoms with E-state index in [4.69, 9.17) is 5.73 Å². The van der Waals surface area contributed by atoms with E-state index >= 15 is 0 Å². The second-order valence-electron chi connectivity index (χ2n) is 3.28. The fraction of sp³-hybridized carbons (Fsp3) is 0.250. The van der Waals surface area contributed by atoms with Gasteiger partial charge in [-0.25, -0.2) is 9.66 Å². The number of nitrogens with two attached hydrogens (primary N) is 1. The number of amides is 1. The molecule has 0 spiro atoms. The maximum absolute atomic E-state index is 10.9. The quantitative estimate of drug-likeness (QED) is 0.701. The maximum Gasteiger partial charge on any atom is 0.235 e. The highest BCUT2D eigenvalue weighted by Crippen LogP contribution is 2.20. The average molecular weight is 221 g/mol. The van der Waals surface area contributed by atoms with Crippen molar-refractivity contribution in [3.8, 4) is 11.5 Å². The fourth-order valence-electron chi connectivity index (χ4n) is 1.26. The van der Waals surface area contributed by atoms with E-state index < -0.39 is 0 Å². The van der Waals surface area contributed by atoms with E-state index in [2.05, 4.69) is 20.6 Å². The van der Waals surface area contributed by atoms with Gasteiger partial charge in [0.25, 0.3) is 0 Å². The Morgan fingerprint density at radius 1 is 1.50 bits per heavy atom. The fourth-order valence-corrected chi connectivity index (χ4v) is 1.26. The van der Waals surface area contributed by atoms with Crippen LogP contribution in [0.25, 0.3) is 11.5 Å². The second kappa shape index (κ2) is 3.65. The van der Waals surface area contributed by atoms with Crippen molar-refractivity contribution in [2.75, 3.05) is 11.2 Å². The molecule has 1 amide bonds. The van der Waals surface area contributed by atoms with Gasteiger partial charge in [-0.1, -0.05) is 0 Å². The van der Waals surface area contributed by atoms with Crippen molar-refractivity contribution >= 4 is 11.7 Å². The molecule has 16 heavy (non-hydrogen) atoms. The third-order valence-electron chi connectivity index (χ3n) is 2.02. The van der Waals surface area contributed by atoms with Crippen LogP contribution >= 0.6 is 0 Å². The summed E-state index contributed by atoms with van der Waals surface area (Å²) in [5.41, 5.74) is 8.82. The number of aryl methyl sites for hydroxylation is 1. The SMILES string of the molecule is CC(=O)Nn1cnnc1-c1ncn(C)c1N. The molecular weight excluding hydrogens is 210 g/mol. The van der Waals surface area contributed by atoms with Gasteiger partial charge >= 0.3 is 0 Å². The maximum atomic E-state index is 10.9. The van der Waals surface area contributed by atoms with E-state index in [0.717, 1.165) is 0 Å². The van der Waals surface area contributed by atoms with Gasteiger partial charge in [0.05, 0.1) is 6.33 Å². The Labute approximate surface area is 91.1 Å². The summed E-state index contributed by atoms with van der Waals surface area (Å²) < 4.78 is 3.03. The van der Waals surface area contributed by atoms with E-state index in [1.807, 2.05) is 0 Å². The largest absolute Gasteiger partial charge is 0.383 e.